The first kappa shape index (κ1) is 16.9. The van der Waals surface area contributed by atoms with Crippen LogP contribution in [0.25, 0.3) is 0 Å². The molecule has 0 bridgehead atoms. The molecule has 5 nitrogen and oxygen atoms in total. The zero-order valence-corrected chi connectivity index (χ0v) is 13.8. The van der Waals surface area contributed by atoms with Crippen molar-refractivity contribution in [1.82, 2.24) is 9.62 Å². The van der Waals surface area contributed by atoms with Crippen LogP contribution in [0.2, 0.25) is 4.34 Å². The molecule has 0 saturated heterocycles. The Hall–Kier alpha value is -0.180. The van der Waals surface area contributed by atoms with Crippen molar-refractivity contribution in [3.63, 3.8) is 0 Å². The highest BCUT2D eigenvalue weighted by Crippen LogP contribution is 2.29. The number of likely N-dealkylation sites (N-methyl/N-ethyl adjacent to an activating group) is 1. The fourth-order valence-corrected chi connectivity index (χ4v) is 4.54. The molecule has 0 aliphatic rings. The van der Waals surface area contributed by atoms with E-state index in [0.717, 1.165) is 16.9 Å². The van der Waals surface area contributed by atoms with Crippen molar-refractivity contribution < 1.29 is 13.5 Å². The van der Waals surface area contributed by atoms with Gasteiger partial charge in [0.25, 0.3) is 0 Å². The number of halogens is 1. The molecule has 19 heavy (non-hydrogen) atoms. The van der Waals surface area contributed by atoms with E-state index in [4.69, 9.17) is 11.6 Å². The third kappa shape index (κ3) is 5.02. The standard InChI is InChI=1S/C11H19ClN2O3S2/c1-8-5-9(18-10(8)12)19(16,17)13-6-11(2,15)7-14(3)4/h5,13,15H,6-7H2,1-4H3. The van der Waals surface area contributed by atoms with Crippen LogP contribution < -0.4 is 4.72 Å². The lowest BCUT2D eigenvalue weighted by molar-refractivity contribution is 0.0386. The molecular weight excluding hydrogens is 308 g/mol. The van der Waals surface area contributed by atoms with Crippen LogP contribution in [0.15, 0.2) is 10.3 Å². The molecule has 0 aliphatic heterocycles. The van der Waals surface area contributed by atoms with Gasteiger partial charge in [-0.3, -0.25) is 0 Å². The molecule has 1 atom stereocenters. The Kier molecular flexibility index (Phi) is 5.39. The van der Waals surface area contributed by atoms with E-state index in [-0.39, 0.29) is 10.8 Å². The number of sulfonamides is 1. The van der Waals surface area contributed by atoms with Crippen molar-refractivity contribution in [2.75, 3.05) is 27.2 Å². The summed E-state index contributed by atoms with van der Waals surface area (Å²) < 4.78 is 27.1. The SMILES string of the molecule is Cc1cc(S(=O)(=O)NCC(C)(O)CN(C)C)sc1Cl. The number of nitrogens with one attached hydrogen (secondary N) is 1. The Bertz CT molecular complexity index is 519. The average Bonchev–Trinajstić information content (AvgIpc) is 2.56. The number of rotatable bonds is 6. The molecule has 0 amide bonds. The number of hydrogen-bond donors (Lipinski definition) is 2. The summed E-state index contributed by atoms with van der Waals surface area (Å²) in [5.41, 5.74) is -0.403. The van der Waals surface area contributed by atoms with Gasteiger partial charge in [0.2, 0.25) is 10.0 Å². The van der Waals surface area contributed by atoms with E-state index < -0.39 is 15.6 Å². The lowest BCUT2D eigenvalue weighted by atomic mass is 10.1. The highest BCUT2D eigenvalue weighted by molar-refractivity contribution is 7.91. The molecule has 1 aromatic heterocycles. The predicted octanol–water partition coefficient (Wildman–Crippen LogP) is 1.30. The summed E-state index contributed by atoms with van der Waals surface area (Å²) in [5.74, 6) is 0. The maximum Gasteiger partial charge on any atom is 0.250 e. The molecule has 2 N–H and O–H groups in total. The van der Waals surface area contributed by atoms with Crippen molar-refractivity contribution in [2.24, 2.45) is 0 Å². The quantitative estimate of drug-likeness (QED) is 0.826. The molecule has 1 aromatic rings. The third-order valence-electron chi connectivity index (χ3n) is 2.40. The van der Waals surface area contributed by atoms with Crippen LogP contribution in [0.4, 0.5) is 0 Å². The first-order valence-corrected chi connectivity index (χ1v) is 8.34. The largest absolute Gasteiger partial charge is 0.387 e. The Morgan fingerprint density at radius 3 is 2.53 bits per heavy atom. The van der Waals surface area contributed by atoms with Crippen molar-refractivity contribution in [2.45, 2.75) is 23.7 Å². The van der Waals surface area contributed by atoms with E-state index in [9.17, 15) is 13.5 Å². The summed E-state index contributed by atoms with van der Waals surface area (Å²) >= 11 is 6.87. The summed E-state index contributed by atoms with van der Waals surface area (Å²) in [7, 11) is -0.00360. The molecule has 1 heterocycles. The summed E-state index contributed by atoms with van der Waals surface area (Å²) in [6, 6.07) is 1.52. The molecule has 0 spiro atoms. The third-order valence-corrected chi connectivity index (χ3v) is 5.83. The Morgan fingerprint density at radius 2 is 2.11 bits per heavy atom. The van der Waals surface area contributed by atoms with Gasteiger partial charge in [0.15, 0.2) is 0 Å². The summed E-state index contributed by atoms with van der Waals surface area (Å²) in [4.78, 5) is 1.79. The first-order valence-electron chi connectivity index (χ1n) is 5.66. The Labute approximate surface area is 123 Å². The van der Waals surface area contributed by atoms with E-state index in [0.29, 0.717) is 10.9 Å². The second-order valence-electron chi connectivity index (χ2n) is 5.08. The van der Waals surface area contributed by atoms with Crippen LogP contribution in [0.3, 0.4) is 0 Å². The fourth-order valence-electron chi connectivity index (χ4n) is 1.62. The van der Waals surface area contributed by atoms with Crippen molar-refractivity contribution >= 4 is 33.0 Å². The molecule has 1 rings (SSSR count). The average molecular weight is 327 g/mol. The molecule has 0 aliphatic carbocycles. The maximum absolute atomic E-state index is 12.0. The number of nitrogens with zero attached hydrogens (tertiary/aromatic N) is 1. The van der Waals surface area contributed by atoms with Crippen molar-refractivity contribution in [3.8, 4) is 0 Å². The maximum atomic E-state index is 12.0. The topological polar surface area (TPSA) is 69.6 Å². The molecule has 8 heteroatoms. The molecule has 0 aromatic carbocycles. The second kappa shape index (κ2) is 6.07. The van der Waals surface area contributed by atoms with E-state index >= 15 is 0 Å². The summed E-state index contributed by atoms with van der Waals surface area (Å²) in [6.45, 7) is 3.64. The minimum Gasteiger partial charge on any atom is -0.387 e. The second-order valence-corrected chi connectivity index (χ2v) is 8.73. The van der Waals surface area contributed by atoms with Crippen molar-refractivity contribution in [1.29, 1.82) is 0 Å². The van der Waals surface area contributed by atoms with E-state index in [2.05, 4.69) is 4.72 Å². The van der Waals surface area contributed by atoms with Crippen molar-refractivity contribution in [3.05, 3.63) is 16.0 Å². The van der Waals surface area contributed by atoms with Crippen LogP contribution in [0.1, 0.15) is 12.5 Å². The van der Waals surface area contributed by atoms with Gasteiger partial charge < -0.3 is 10.0 Å². The van der Waals surface area contributed by atoms with E-state index in [1.807, 2.05) is 14.1 Å². The van der Waals surface area contributed by atoms with Gasteiger partial charge in [0.1, 0.15) is 4.21 Å². The number of aryl methyl sites for hydroxylation is 1. The van der Waals surface area contributed by atoms with Gasteiger partial charge in [-0.25, -0.2) is 13.1 Å². The number of hydrogen-bond acceptors (Lipinski definition) is 5. The monoisotopic (exact) mass is 326 g/mol. The van der Waals surface area contributed by atoms with Crippen LogP contribution in [-0.4, -0.2) is 51.2 Å². The van der Waals surface area contributed by atoms with Gasteiger partial charge in [-0.2, -0.15) is 0 Å². The van der Waals surface area contributed by atoms with Gasteiger partial charge in [0.05, 0.1) is 9.94 Å². The highest BCUT2D eigenvalue weighted by atomic mass is 35.5. The van der Waals surface area contributed by atoms with Gasteiger partial charge >= 0.3 is 0 Å². The number of thiophene rings is 1. The molecule has 0 fully saturated rings. The normalized spacial score (nSPS) is 15.7. The first-order chi connectivity index (χ1) is 8.53. The fraction of sp³-hybridized carbons (Fsp3) is 0.636. The molecule has 0 radical (unpaired) electrons. The molecule has 0 saturated carbocycles. The number of aliphatic hydroxyl groups is 1. The Morgan fingerprint density at radius 1 is 1.53 bits per heavy atom. The lowest BCUT2D eigenvalue weighted by Crippen LogP contribution is -2.46. The van der Waals surface area contributed by atoms with Gasteiger partial charge in [-0.05, 0) is 39.6 Å². The van der Waals surface area contributed by atoms with E-state index in [1.165, 1.54) is 6.07 Å². The predicted molar refractivity (Wildman–Crippen MR) is 78.4 cm³/mol. The summed E-state index contributed by atoms with van der Waals surface area (Å²) in [6.07, 6.45) is 0. The van der Waals surface area contributed by atoms with Crippen LogP contribution in [-0.2, 0) is 10.0 Å². The molecular formula is C11H19ClN2O3S2. The van der Waals surface area contributed by atoms with Crippen LogP contribution in [0.5, 0.6) is 0 Å². The Balaban J connectivity index is 2.76. The van der Waals surface area contributed by atoms with E-state index in [1.54, 1.807) is 18.7 Å². The zero-order chi connectivity index (χ0) is 14.8. The van der Waals surface area contributed by atoms with Gasteiger partial charge in [-0.15, -0.1) is 11.3 Å². The smallest absolute Gasteiger partial charge is 0.250 e. The van der Waals surface area contributed by atoms with Crippen LogP contribution in [0, 0.1) is 6.92 Å². The molecule has 1 unspecified atom stereocenters. The molecule has 110 valence electrons. The van der Waals surface area contributed by atoms with Gasteiger partial charge in [0, 0.05) is 13.1 Å². The lowest BCUT2D eigenvalue weighted by Gasteiger charge is -2.26. The minimum absolute atomic E-state index is 0.0535. The highest BCUT2D eigenvalue weighted by Gasteiger charge is 2.26. The zero-order valence-electron chi connectivity index (χ0n) is 11.4. The summed E-state index contributed by atoms with van der Waals surface area (Å²) in [5, 5.41) is 10.1. The minimum atomic E-state index is -3.63. The van der Waals surface area contributed by atoms with Gasteiger partial charge in [-0.1, -0.05) is 11.6 Å². The van der Waals surface area contributed by atoms with Crippen LogP contribution >= 0.6 is 22.9 Å².